The van der Waals surface area contributed by atoms with Crippen LogP contribution in [0.1, 0.15) is 44.1 Å². The lowest BCUT2D eigenvalue weighted by Gasteiger charge is -2.40. The third-order valence-electron chi connectivity index (χ3n) is 5.09. The summed E-state index contributed by atoms with van der Waals surface area (Å²) < 4.78 is 26.5. The van der Waals surface area contributed by atoms with E-state index < -0.39 is 17.7 Å². The van der Waals surface area contributed by atoms with Crippen LogP contribution in [-0.2, 0) is 6.42 Å². The van der Waals surface area contributed by atoms with E-state index in [1.54, 1.807) is 11.8 Å². The highest BCUT2D eigenvalue weighted by molar-refractivity contribution is 8.01. The molecule has 0 amide bonds. The van der Waals surface area contributed by atoms with Gasteiger partial charge in [0, 0.05) is 18.2 Å². The van der Waals surface area contributed by atoms with Crippen LogP contribution >= 0.6 is 11.8 Å². The van der Waals surface area contributed by atoms with Crippen molar-refractivity contribution in [1.82, 2.24) is 5.32 Å². The Morgan fingerprint density at radius 1 is 1.27 bits per heavy atom. The van der Waals surface area contributed by atoms with Gasteiger partial charge in [0.15, 0.2) is 0 Å². The molecule has 0 aliphatic heterocycles. The third kappa shape index (κ3) is 5.93. The number of hydrogen-bond donors (Lipinski definition) is 2. The fraction of sp³-hybridized carbons (Fsp3) is 0.524. The van der Waals surface area contributed by atoms with Gasteiger partial charge in [-0.1, -0.05) is 31.9 Å². The van der Waals surface area contributed by atoms with Gasteiger partial charge in [0.25, 0.3) is 0 Å². The van der Waals surface area contributed by atoms with E-state index in [9.17, 15) is 13.9 Å². The number of aryl methyl sites for hydroxylation is 1. The standard InChI is InChI=1S/C21H29F2NOS/c1-3-17(15-26-2)21(9-5-4-6-10-21)24-14-20(25)8-7-16-11-18(22)13-19(23)12-16/h3,11-13,15,20,24-25H,1,4-10,14H2,2H3/b17-15+. The number of β-amino-alcohol motifs (C(OH)–C–C–N with tert-alkyl or cyclic N) is 1. The molecule has 1 unspecified atom stereocenters. The fourth-order valence-corrected chi connectivity index (χ4v) is 4.29. The second-order valence-electron chi connectivity index (χ2n) is 7.01. The summed E-state index contributed by atoms with van der Waals surface area (Å²) in [5.41, 5.74) is 1.63. The molecule has 5 heteroatoms. The van der Waals surface area contributed by atoms with Crippen molar-refractivity contribution in [3.05, 3.63) is 59.0 Å². The first-order valence-corrected chi connectivity index (χ1v) is 10.5. The molecule has 1 aromatic rings. The van der Waals surface area contributed by atoms with Crippen molar-refractivity contribution in [2.45, 2.75) is 56.6 Å². The van der Waals surface area contributed by atoms with Crippen LogP contribution in [0.25, 0.3) is 0 Å². The molecule has 1 aromatic carbocycles. The average molecular weight is 382 g/mol. The highest BCUT2D eigenvalue weighted by Crippen LogP contribution is 2.35. The molecule has 1 atom stereocenters. The maximum Gasteiger partial charge on any atom is 0.126 e. The van der Waals surface area contributed by atoms with Gasteiger partial charge in [-0.25, -0.2) is 8.78 Å². The summed E-state index contributed by atoms with van der Waals surface area (Å²) >= 11 is 1.66. The predicted molar refractivity (Wildman–Crippen MR) is 106 cm³/mol. The van der Waals surface area contributed by atoms with E-state index in [-0.39, 0.29) is 5.54 Å². The summed E-state index contributed by atoms with van der Waals surface area (Å²) in [7, 11) is 0. The van der Waals surface area contributed by atoms with Crippen molar-refractivity contribution in [3.63, 3.8) is 0 Å². The first-order chi connectivity index (χ1) is 12.5. The van der Waals surface area contributed by atoms with E-state index in [4.69, 9.17) is 0 Å². The summed E-state index contributed by atoms with van der Waals surface area (Å²) in [4.78, 5) is 0. The van der Waals surface area contributed by atoms with Crippen LogP contribution in [-0.4, -0.2) is 29.5 Å². The second kappa shape index (κ2) is 10.2. The summed E-state index contributed by atoms with van der Waals surface area (Å²) in [6.07, 6.45) is 9.91. The summed E-state index contributed by atoms with van der Waals surface area (Å²) in [5.74, 6) is -1.15. The largest absolute Gasteiger partial charge is 0.392 e. The van der Waals surface area contributed by atoms with Crippen LogP contribution in [0.5, 0.6) is 0 Å². The van der Waals surface area contributed by atoms with Crippen molar-refractivity contribution >= 4 is 11.8 Å². The minimum atomic E-state index is -0.577. The highest BCUT2D eigenvalue weighted by Gasteiger charge is 2.34. The quantitative estimate of drug-likeness (QED) is 0.592. The molecule has 0 bridgehead atoms. The summed E-state index contributed by atoms with van der Waals surface area (Å²) in [5, 5.41) is 16.1. The van der Waals surface area contributed by atoms with Crippen molar-refractivity contribution in [1.29, 1.82) is 0 Å². The molecule has 0 saturated heterocycles. The number of thioether (sulfide) groups is 1. The lowest BCUT2D eigenvalue weighted by atomic mass is 9.76. The van der Waals surface area contributed by atoms with Gasteiger partial charge < -0.3 is 10.4 Å². The molecule has 2 nitrogen and oxygen atoms in total. The number of rotatable bonds is 9. The lowest BCUT2D eigenvalue weighted by Crippen LogP contribution is -2.50. The van der Waals surface area contributed by atoms with Gasteiger partial charge in [-0.2, -0.15) is 0 Å². The van der Waals surface area contributed by atoms with E-state index in [0.29, 0.717) is 24.9 Å². The van der Waals surface area contributed by atoms with E-state index >= 15 is 0 Å². The molecule has 0 radical (unpaired) electrons. The Bertz CT molecular complexity index is 606. The Morgan fingerprint density at radius 3 is 2.50 bits per heavy atom. The van der Waals surface area contributed by atoms with E-state index in [0.717, 1.165) is 31.7 Å². The Hall–Kier alpha value is -1.17. The fourth-order valence-electron chi connectivity index (χ4n) is 3.71. The van der Waals surface area contributed by atoms with Crippen LogP contribution in [0.4, 0.5) is 8.78 Å². The smallest absolute Gasteiger partial charge is 0.126 e. The Kier molecular flexibility index (Phi) is 8.32. The van der Waals surface area contributed by atoms with Crippen molar-refractivity contribution in [2.24, 2.45) is 0 Å². The second-order valence-corrected chi connectivity index (χ2v) is 7.71. The average Bonchev–Trinajstić information content (AvgIpc) is 2.62. The van der Waals surface area contributed by atoms with Crippen molar-refractivity contribution < 1.29 is 13.9 Å². The zero-order chi connectivity index (χ0) is 19.0. The number of halogens is 2. The molecule has 2 rings (SSSR count). The monoisotopic (exact) mass is 381 g/mol. The summed E-state index contributed by atoms with van der Waals surface area (Å²) in [6, 6.07) is 3.51. The minimum Gasteiger partial charge on any atom is -0.392 e. The SMILES string of the molecule is C=C/C(=C\SC)C1(NCC(O)CCc2cc(F)cc(F)c2)CCCCC1. The molecule has 0 heterocycles. The minimum absolute atomic E-state index is 0.130. The Balaban J connectivity index is 1.95. The van der Waals surface area contributed by atoms with Crippen LogP contribution in [0, 0.1) is 11.6 Å². The zero-order valence-corrected chi connectivity index (χ0v) is 16.3. The highest BCUT2D eigenvalue weighted by atomic mass is 32.2. The topological polar surface area (TPSA) is 32.3 Å². The number of aliphatic hydroxyl groups is 1. The van der Waals surface area contributed by atoms with Gasteiger partial charge in [0.2, 0.25) is 0 Å². The maximum absolute atomic E-state index is 13.3. The molecule has 2 N–H and O–H groups in total. The number of benzene rings is 1. The molecule has 1 saturated carbocycles. The molecule has 1 fully saturated rings. The Labute approximate surface area is 159 Å². The molecular formula is C21H29F2NOS. The predicted octanol–water partition coefficient (Wildman–Crippen LogP) is 4.98. The molecular weight excluding hydrogens is 352 g/mol. The number of hydrogen-bond acceptors (Lipinski definition) is 3. The molecule has 0 spiro atoms. The molecule has 26 heavy (non-hydrogen) atoms. The van der Waals surface area contributed by atoms with Gasteiger partial charge in [0.1, 0.15) is 11.6 Å². The number of nitrogens with one attached hydrogen (secondary N) is 1. The van der Waals surface area contributed by atoms with Crippen molar-refractivity contribution in [2.75, 3.05) is 12.8 Å². The molecule has 144 valence electrons. The van der Waals surface area contributed by atoms with Gasteiger partial charge in [-0.05, 0) is 60.6 Å². The van der Waals surface area contributed by atoms with Crippen LogP contribution in [0.3, 0.4) is 0 Å². The van der Waals surface area contributed by atoms with Gasteiger partial charge >= 0.3 is 0 Å². The van der Waals surface area contributed by atoms with Crippen LogP contribution < -0.4 is 5.32 Å². The van der Waals surface area contributed by atoms with Crippen LogP contribution in [0.15, 0.2) is 41.8 Å². The maximum atomic E-state index is 13.3. The van der Waals surface area contributed by atoms with E-state index in [1.807, 2.05) is 12.3 Å². The van der Waals surface area contributed by atoms with Gasteiger partial charge in [-0.15, -0.1) is 11.8 Å². The van der Waals surface area contributed by atoms with Gasteiger partial charge in [-0.3, -0.25) is 0 Å². The van der Waals surface area contributed by atoms with Crippen molar-refractivity contribution in [3.8, 4) is 0 Å². The normalized spacial score (nSPS) is 18.5. The first kappa shape index (κ1) is 21.1. The summed E-state index contributed by atoms with van der Waals surface area (Å²) in [6.45, 7) is 4.42. The molecule has 1 aliphatic carbocycles. The van der Waals surface area contributed by atoms with Gasteiger partial charge in [0.05, 0.1) is 6.10 Å². The lowest BCUT2D eigenvalue weighted by molar-refractivity contribution is 0.142. The first-order valence-electron chi connectivity index (χ1n) is 9.23. The third-order valence-corrected chi connectivity index (χ3v) is 5.58. The molecule has 1 aliphatic rings. The van der Waals surface area contributed by atoms with Crippen LogP contribution in [0.2, 0.25) is 0 Å². The number of aliphatic hydroxyl groups excluding tert-OH is 1. The van der Waals surface area contributed by atoms with E-state index in [1.165, 1.54) is 24.1 Å². The molecule has 0 aromatic heterocycles. The van der Waals surface area contributed by atoms with E-state index in [2.05, 4.69) is 17.3 Å². The zero-order valence-electron chi connectivity index (χ0n) is 15.4. The Morgan fingerprint density at radius 2 is 1.92 bits per heavy atom.